The topological polar surface area (TPSA) is 86.6 Å². The van der Waals surface area contributed by atoms with Gasteiger partial charge in [-0.1, -0.05) is 13.8 Å². The van der Waals surface area contributed by atoms with Gasteiger partial charge in [0.1, 0.15) is 11.5 Å². The predicted molar refractivity (Wildman–Crippen MR) is 131 cm³/mol. The second kappa shape index (κ2) is 13.1. The van der Waals surface area contributed by atoms with Crippen molar-refractivity contribution < 1.29 is 33.9 Å². The van der Waals surface area contributed by atoms with Crippen LogP contribution in [0.1, 0.15) is 61.1 Å². The van der Waals surface area contributed by atoms with Crippen LogP contribution < -0.4 is 0 Å². The van der Waals surface area contributed by atoms with Gasteiger partial charge in [-0.15, -0.1) is 0 Å². The highest BCUT2D eigenvalue weighted by molar-refractivity contribution is 5.52. The number of aromatic hydroxyl groups is 2. The van der Waals surface area contributed by atoms with Gasteiger partial charge in [0.2, 0.25) is 0 Å². The van der Waals surface area contributed by atoms with E-state index in [4.69, 9.17) is 23.7 Å². The Morgan fingerprint density at radius 2 is 1.06 bits per heavy atom. The van der Waals surface area contributed by atoms with Gasteiger partial charge >= 0.3 is 0 Å². The third-order valence-electron chi connectivity index (χ3n) is 5.81. The molecule has 0 amide bonds. The average Bonchev–Trinajstić information content (AvgIpc) is 2.78. The maximum absolute atomic E-state index is 10.8. The van der Waals surface area contributed by atoms with Crippen LogP contribution in [0.25, 0.3) is 0 Å². The quantitative estimate of drug-likeness (QED) is 0.379. The van der Waals surface area contributed by atoms with E-state index < -0.39 is 5.41 Å². The monoisotopic (exact) mass is 476 g/mol. The van der Waals surface area contributed by atoms with Gasteiger partial charge in [-0.3, -0.25) is 0 Å². The first-order valence-corrected chi connectivity index (χ1v) is 11.5. The maximum atomic E-state index is 10.8. The van der Waals surface area contributed by atoms with Crippen LogP contribution in [-0.2, 0) is 55.5 Å². The summed E-state index contributed by atoms with van der Waals surface area (Å²) in [5, 5.41) is 21.5. The number of methoxy groups -OCH3 is 3. The van der Waals surface area contributed by atoms with Gasteiger partial charge in [-0.25, -0.2) is 0 Å². The Balaban J connectivity index is 2.46. The summed E-state index contributed by atoms with van der Waals surface area (Å²) < 4.78 is 27.3. The van der Waals surface area contributed by atoms with E-state index in [2.05, 4.69) is 13.8 Å². The van der Waals surface area contributed by atoms with Crippen molar-refractivity contribution in [3.8, 4) is 11.5 Å². The Bertz CT molecular complexity index is 894. The largest absolute Gasteiger partial charge is 0.507 e. The van der Waals surface area contributed by atoms with Gasteiger partial charge in [0.15, 0.2) is 0 Å². The van der Waals surface area contributed by atoms with E-state index in [1.54, 1.807) is 21.3 Å². The minimum Gasteiger partial charge on any atom is -0.507 e. The van der Waals surface area contributed by atoms with Gasteiger partial charge in [0.05, 0.1) is 45.7 Å². The number of phenolic OH excluding ortho intramolecular Hbond substituents is 2. The zero-order valence-electron chi connectivity index (χ0n) is 21.6. The lowest BCUT2D eigenvalue weighted by atomic mass is 9.76. The molecule has 0 spiro atoms. The zero-order valence-corrected chi connectivity index (χ0v) is 21.6. The van der Waals surface area contributed by atoms with E-state index >= 15 is 0 Å². The molecule has 0 heterocycles. The van der Waals surface area contributed by atoms with E-state index in [9.17, 15) is 10.2 Å². The van der Waals surface area contributed by atoms with E-state index in [0.29, 0.717) is 35.5 Å². The van der Waals surface area contributed by atoms with Gasteiger partial charge in [0, 0.05) is 49.0 Å². The summed E-state index contributed by atoms with van der Waals surface area (Å²) >= 11 is 0. The SMILES string of the molecule is COCc1cc(C(C)(C)c2cc(COC)c(O)c(COCCOC(C)C)c2)cc(COC)c1O. The molecule has 0 saturated heterocycles. The second-order valence-corrected chi connectivity index (χ2v) is 9.18. The molecular formula is C27H40O7. The van der Waals surface area contributed by atoms with Crippen LogP contribution in [0.2, 0.25) is 0 Å². The van der Waals surface area contributed by atoms with Crippen molar-refractivity contribution in [1.82, 2.24) is 0 Å². The third-order valence-corrected chi connectivity index (χ3v) is 5.81. The summed E-state index contributed by atoms with van der Waals surface area (Å²) in [5.41, 5.74) is 4.31. The second-order valence-electron chi connectivity index (χ2n) is 9.18. The molecule has 0 aromatic heterocycles. The number of rotatable bonds is 14. The van der Waals surface area contributed by atoms with Crippen molar-refractivity contribution in [3.05, 3.63) is 57.6 Å². The van der Waals surface area contributed by atoms with Gasteiger partial charge < -0.3 is 33.9 Å². The zero-order chi connectivity index (χ0) is 25.3. The summed E-state index contributed by atoms with van der Waals surface area (Å²) in [7, 11) is 4.80. The molecule has 34 heavy (non-hydrogen) atoms. The van der Waals surface area contributed by atoms with Gasteiger partial charge in [0.25, 0.3) is 0 Å². The molecule has 2 N–H and O–H groups in total. The third kappa shape index (κ3) is 7.17. The van der Waals surface area contributed by atoms with Crippen molar-refractivity contribution in [2.45, 2.75) is 65.6 Å². The van der Waals surface area contributed by atoms with Crippen LogP contribution in [0.5, 0.6) is 11.5 Å². The van der Waals surface area contributed by atoms with E-state index in [0.717, 1.165) is 11.1 Å². The number of hydrogen-bond donors (Lipinski definition) is 2. The summed E-state index contributed by atoms with van der Waals surface area (Å²) in [6.07, 6.45) is 0.144. The van der Waals surface area contributed by atoms with Crippen LogP contribution in [-0.4, -0.2) is 50.9 Å². The number of phenols is 2. The summed E-state index contributed by atoms with van der Waals surface area (Å²) in [6.45, 7) is 10.2. The highest BCUT2D eigenvalue weighted by Crippen LogP contribution is 2.39. The van der Waals surface area contributed by atoms with Crippen LogP contribution in [0.15, 0.2) is 24.3 Å². The van der Waals surface area contributed by atoms with Gasteiger partial charge in [-0.2, -0.15) is 0 Å². The fourth-order valence-electron chi connectivity index (χ4n) is 3.84. The highest BCUT2D eigenvalue weighted by Gasteiger charge is 2.28. The van der Waals surface area contributed by atoms with Crippen LogP contribution in [0.4, 0.5) is 0 Å². The lowest BCUT2D eigenvalue weighted by molar-refractivity contribution is 0.0138. The van der Waals surface area contributed by atoms with E-state index in [1.165, 1.54) is 0 Å². The fourth-order valence-corrected chi connectivity index (χ4v) is 3.84. The van der Waals surface area contributed by atoms with Crippen LogP contribution in [0.3, 0.4) is 0 Å². The molecular weight excluding hydrogens is 436 g/mol. The van der Waals surface area contributed by atoms with Crippen molar-refractivity contribution in [3.63, 3.8) is 0 Å². The van der Waals surface area contributed by atoms with Gasteiger partial charge in [-0.05, 0) is 49.2 Å². The average molecular weight is 477 g/mol. The Hall–Kier alpha value is -2.16. The highest BCUT2D eigenvalue weighted by atomic mass is 16.5. The van der Waals surface area contributed by atoms with Crippen LogP contribution >= 0.6 is 0 Å². The van der Waals surface area contributed by atoms with Crippen molar-refractivity contribution in [2.24, 2.45) is 0 Å². The Morgan fingerprint density at radius 1 is 0.676 bits per heavy atom. The molecule has 0 aliphatic rings. The summed E-state index contributed by atoms with van der Waals surface area (Å²) in [4.78, 5) is 0. The number of hydrogen-bond acceptors (Lipinski definition) is 7. The number of ether oxygens (including phenoxy) is 5. The minimum absolute atomic E-state index is 0.144. The Labute approximate surface area is 203 Å². The molecule has 0 bridgehead atoms. The summed E-state index contributed by atoms with van der Waals surface area (Å²) in [6, 6.07) is 7.85. The van der Waals surface area contributed by atoms with Crippen LogP contribution in [0, 0.1) is 0 Å². The fraction of sp³-hybridized carbons (Fsp3) is 0.556. The molecule has 2 aromatic rings. The summed E-state index contributed by atoms with van der Waals surface area (Å²) in [5.74, 6) is 0.365. The molecule has 0 unspecified atom stereocenters. The standard InChI is InChI=1S/C27H40O7/c1-18(2)34-9-8-33-17-22-13-24(12-21(16-32-7)26(22)29)27(3,4)23-10-19(14-30-5)25(28)20(11-23)15-31-6/h10-13,18,28-29H,8-9,14-17H2,1-7H3. The molecule has 0 radical (unpaired) electrons. The lowest BCUT2D eigenvalue weighted by Crippen LogP contribution is -2.21. The molecule has 0 aliphatic heterocycles. The molecule has 7 heteroatoms. The molecule has 0 fully saturated rings. The smallest absolute Gasteiger partial charge is 0.126 e. The molecule has 2 rings (SSSR count). The lowest BCUT2D eigenvalue weighted by Gasteiger charge is -2.29. The number of benzene rings is 2. The normalized spacial score (nSPS) is 12.0. The molecule has 0 saturated carbocycles. The predicted octanol–water partition coefficient (Wildman–Crippen LogP) is 4.80. The Kier molecular flexibility index (Phi) is 10.8. The molecule has 2 aromatic carbocycles. The van der Waals surface area contributed by atoms with Crippen molar-refractivity contribution in [1.29, 1.82) is 0 Å². The molecule has 0 atom stereocenters. The minimum atomic E-state index is -0.454. The van der Waals surface area contributed by atoms with Crippen molar-refractivity contribution >= 4 is 0 Å². The molecule has 7 nitrogen and oxygen atoms in total. The van der Waals surface area contributed by atoms with E-state index in [-0.39, 0.29) is 44.0 Å². The maximum Gasteiger partial charge on any atom is 0.126 e. The van der Waals surface area contributed by atoms with Crippen molar-refractivity contribution in [2.75, 3.05) is 34.5 Å². The molecule has 190 valence electrons. The first-order chi connectivity index (χ1) is 16.1. The first kappa shape index (κ1) is 28.1. The van der Waals surface area contributed by atoms with E-state index in [1.807, 2.05) is 38.1 Å². The Morgan fingerprint density at radius 3 is 1.41 bits per heavy atom. The first-order valence-electron chi connectivity index (χ1n) is 11.5. The molecule has 0 aliphatic carbocycles.